The average Bonchev–Trinajstić information content (AvgIpc) is 2.56. The van der Waals surface area contributed by atoms with Gasteiger partial charge in [0, 0.05) is 5.56 Å². The number of thiophene rings is 1. The first kappa shape index (κ1) is 13.9. The van der Waals surface area contributed by atoms with E-state index >= 15 is 0 Å². The minimum Gasteiger partial charge on any atom is -0.384 e. The normalized spacial score (nSPS) is 12.8. The molecule has 18 heavy (non-hydrogen) atoms. The fourth-order valence-electron chi connectivity index (χ4n) is 2.32. The molecule has 1 atom stereocenters. The first-order valence-electron chi connectivity index (χ1n) is 5.60. The van der Waals surface area contributed by atoms with Crippen LogP contribution in [0.15, 0.2) is 18.2 Å². The van der Waals surface area contributed by atoms with Crippen LogP contribution in [0.5, 0.6) is 0 Å². The van der Waals surface area contributed by atoms with E-state index in [1.807, 2.05) is 20.8 Å². The highest BCUT2D eigenvalue weighted by Gasteiger charge is 2.20. The molecule has 2 rings (SSSR count). The highest BCUT2D eigenvalue weighted by Crippen LogP contribution is 2.39. The fraction of sp³-hybridized carbons (Fsp3) is 0.286. The van der Waals surface area contributed by atoms with E-state index in [1.54, 1.807) is 6.07 Å². The molecule has 0 aliphatic rings. The van der Waals surface area contributed by atoms with Crippen LogP contribution in [0.4, 0.5) is 0 Å². The fourth-order valence-corrected chi connectivity index (χ4v) is 3.84. The SMILES string of the molecule is Cc1cc(C)c(C(O)c2cc(Cl)sc2Cl)c(C)c1. The van der Waals surface area contributed by atoms with Gasteiger partial charge in [0.2, 0.25) is 0 Å². The predicted molar refractivity (Wildman–Crippen MR) is 79.1 cm³/mol. The molecule has 1 heterocycles. The van der Waals surface area contributed by atoms with Crippen LogP contribution in [-0.2, 0) is 0 Å². The van der Waals surface area contributed by atoms with E-state index in [4.69, 9.17) is 23.2 Å². The Labute approximate surface area is 121 Å². The van der Waals surface area contributed by atoms with Crippen molar-refractivity contribution < 1.29 is 5.11 Å². The lowest BCUT2D eigenvalue weighted by Crippen LogP contribution is -2.04. The third kappa shape index (κ3) is 2.57. The Balaban J connectivity index is 2.52. The summed E-state index contributed by atoms with van der Waals surface area (Å²) in [5.74, 6) is 0. The molecule has 2 aromatic rings. The van der Waals surface area contributed by atoms with E-state index in [9.17, 15) is 5.11 Å². The lowest BCUT2D eigenvalue weighted by molar-refractivity contribution is 0.219. The summed E-state index contributed by atoms with van der Waals surface area (Å²) >= 11 is 13.3. The van der Waals surface area contributed by atoms with Gasteiger partial charge in [0.25, 0.3) is 0 Å². The van der Waals surface area contributed by atoms with Crippen LogP contribution >= 0.6 is 34.5 Å². The Morgan fingerprint density at radius 3 is 2.06 bits per heavy atom. The maximum absolute atomic E-state index is 10.5. The second-order valence-electron chi connectivity index (χ2n) is 4.49. The molecular formula is C14H14Cl2OS. The van der Waals surface area contributed by atoms with Gasteiger partial charge in [0.05, 0.1) is 4.34 Å². The van der Waals surface area contributed by atoms with Gasteiger partial charge in [-0.25, -0.2) is 0 Å². The summed E-state index contributed by atoms with van der Waals surface area (Å²) in [4.78, 5) is 0. The number of hydrogen-bond acceptors (Lipinski definition) is 2. The third-order valence-electron chi connectivity index (χ3n) is 2.99. The van der Waals surface area contributed by atoms with Crippen LogP contribution in [0.1, 0.15) is 33.9 Å². The summed E-state index contributed by atoms with van der Waals surface area (Å²) in [5.41, 5.74) is 4.92. The van der Waals surface area contributed by atoms with Gasteiger partial charge < -0.3 is 5.11 Å². The second-order valence-corrected chi connectivity index (χ2v) is 6.78. The Morgan fingerprint density at radius 1 is 1.06 bits per heavy atom. The molecule has 0 saturated carbocycles. The van der Waals surface area contributed by atoms with Crippen LogP contribution in [0.2, 0.25) is 8.67 Å². The van der Waals surface area contributed by atoms with Crippen molar-refractivity contribution in [2.75, 3.05) is 0 Å². The summed E-state index contributed by atoms with van der Waals surface area (Å²) in [6.07, 6.45) is -0.721. The van der Waals surface area contributed by atoms with Gasteiger partial charge in [0.15, 0.2) is 0 Å². The van der Waals surface area contributed by atoms with Gasteiger partial charge in [0.1, 0.15) is 10.4 Å². The molecule has 1 nitrogen and oxygen atoms in total. The van der Waals surface area contributed by atoms with Crippen molar-refractivity contribution in [3.8, 4) is 0 Å². The number of rotatable bonds is 2. The molecule has 0 aliphatic carbocycles. The lowest BCUT2D eigenvalue weighted by Gasteiger charge is -2.17. The van der Waals surface area contributed by atoms with Crippen molar-refractivity contribution in [1.82, 2.24) is 0 Å². The molecule has 0 saturated heterocycles. The molecule has 4 heteroatoms. The predicted octanol–water partition coefficient (Wildman–Crippen LogP) is 5.06. The molecule has 1 N–H and O–H groups in total. The van der Waals surface area contributed by atoms with Gasteiger partial charge in [-0.1, -0.05) is 40.9 Å². The molecular weight excluding hydrogens is 287 g/mol. The van der Waals surface area contributed by atoms with Crippen molar-refractivity contribution in [3.63, 3.8) is 0 Å². The smallest absolute Gasteiger partial charge is 0.107 e. The Morgan fingerprint density at radius 2 is 1.61 bits per heavy atom. The van der Waals surface area contributed by atoms with Gasteiger partial charge in [-0.05, 0) is 43.5 Å². The molecule has 0 radical (unpaired) electrons. The minimum atomic E-state index is -0.721. The minimum absolute atomic E-state index is 0.548. The summed E-state index contributed by atoms with van der Waals surface area (Å²) < 4.78 is 1.14. The third-order valence-corrected chi connectivity index (χ3v) is 4.51. The van der Waals surface area contributed by atoms with Gasteiger partial charge in [-0.2, -0.15) is 0 Å². The van der Waals surface area contributed by atoms with Crippen LogP contribution in [0.3, 0.4) is 0 Å². The highest BCUT2D eigenvalue weighted by atomic mass is 35.5. The largest absolute Gasteiger partial charge is 0.384 e. The maximum Gasteiger partial charge on any atom is 0.107 e. The van der Waals surface area contributed by atoms with Crippen molar-refractivity contribution >= 4 is 34.5 Å². The van der Waals surface area contributed by atoms with Crippen molar-refractivity contribution in [2.45, 2.75) is 26.9 Å². The average molecular weight is 301 g/mol. The summed E-state index contributed by atoms with van der Waals surface area (Å²) in [6, 6.07) is 5.86. The number of benzene rings is 1. The molecule has 0 fully saturated rings. The van der Waals surface area contributed by atoms with Gasteiger partial charge >= 0.3 is 0 Å². The number of hydrogen-bond donors (Lipinski definition) is 1. The Bertz CT molecular complexity index is 566. The van der Waals surface area contributed by atoms with Crippen molar-refractivity contribution in [2.24, 2.45) is 0 Å². The number of halogens is 2. The summed E-state index contributed by atoms with van der Waals surface area (Å²) in [6.45, 7) is 6.05. The zero-order valence-corrected chi connectivity index (χ0v) is 12.7. The molecule has 1 unspecified atom stereocenters. The van der Waals surface area contributed by atoms with E-state index in [0.29, 0.717) is 14.2 Å². The van der Waals surface area contributed by atoms with Gasteiger partial charge in [-0.15, -0.1) is 11.3 Å². The van der Waals surface area contributed by atoms with Crippen LogP contribution in [0.25, 0.3) is 0 Å². The van der Waals surface area contributed by atoms with E-state index in [1.165, 1.54) is 16.9 Å². The van der Waals surface area contributed by atoms with Gasteiger partial charge in [-0.3, -0.25) is 0 Å². The lowest BCUT2D eigenvalue weighted by atomic mass is 9.93. The summed E-state index contributed by atoms with van der Waals surface area (Å²) in [7, 11) is 0. The molecule has 0 bridgehead atoms. The molecule has 0 aliphatic heterocycles. The second kappa shape index (κ2) is 5.22. The van der Waals surface area contributed by atoms with Crippen LogP contribution in [0, 0.1) is 20.8 Å². The highest BCUT2D eigenvalue weighted by molar-refractivity contribution is 7.20. The number of aliphatic hydroxyl groups excluding tert-OH is 1. The van der Waals surface area contributed by atoms with Crippen molar-refractivity contribution in [1.29, 1.82) is 0 Å². The van der Waals surface area contributed by atoms with Crippen LogP contribution in [-0.4, -0.2) is 5.11 Å². The standard InChI is InChI=1S/C14H14Cl2OS/c1-7-4-8(2)12(9(3)5-7)13(17)10-6-11(15)18-14(10)16/h4-6,13,17H,1-3H3. The molecule has 1 aromatic heterocycles. The number of aryl methyl sites for hydroxylation is 3. The quantitative estimate of drug-likeness (QED) is 0.822. The van der Waals surface area contributed by atoms with Crippen LogP contribution < -0.4 is 0 Å². The van der Waals surface area contributed by atoms with E-state index in [0.717, 1.165) is 16.7 Å². The molecule has 96 valence electrons. The molecule has 1 aromatic carbocycles. The monoisotopic (exact) mass is 300 g/mol. The Kier molecular flexibility index (Phi) is 4.02. The molecule has 0 amide bonds. The maximum atomic E-state index is 10.5. The summed E-state index contributed by atoms with van der Waals surface area (Å²) in [5, 5.41) is 10.5. The zero-order valence-electron chi connectivity index (χ0n) is 10.4. The Hall–Kier alpha value is -0.540. The molecule has 0 spiro atoms. The number of aliphatic hydroxyl groups is 1. The first-order chi connectivity index (χ1) is 8.40. The van der Waals surface area contributed by atoms with E-state index in [2.05, 4.69) is 12.1 Å². The zero-order chi connectivity index (χ0) is 13.4. The van der Waals surface area contributed by atoms with Crippen molar-refractivity contribution in [3.05, 3.63) is 54.7 Å². The van der Waals surface area contributed by atoms with E-state index < -0.39 is 6.10 Å². The first-order valence-corrected chi connectivity index (χ1v) is 7.18. The van der Waals surface area contributed by atoms with E-state index in [-0.39, 0.29) is 0 Å². The topological polar surface area (TPSA) is 20.2 Å².